The van der Waals surface area contributed by atoms with E-state index in [4.69, 9.17) is 9.47 Å². The van der Waals surface area contributed by atoms with Gasteiger partial charge in [0.2, 0.25) is 0 Å². The highest BCUT2D eigenvalue weighted by Gasteiger charge is 2.24. The van der Waals surface area contributed by atoms with E-state index in [-0.39, 0.29) is 0 Å². The van der Waals surface area contributed by atoms with Crippen LogP contribution in [0.2, 0.25) is 0 Å². The summed E-state index contributed by atoms with van der Waals surface area (Å²) < 4.78 is 11.8. The van der Waals surface area contributed by atoms with E-state index in [1.54, 1.807) is 0 Å². The molecule has 0 bridgehead atoms. The minimum atomic E-state index is -0.892. The van der Waals surface area contributed by atoms with Crippen molar-refractivity contribution in [3.05, 3.63) is 76.3 Å². The van der Waals surface area contributed by atoms with Gasteiger partial charge in [0.15, 0.2) is 0 Å². The number of hydrogen-bond acceptors (Lipinski definition) is 4. The molecule has 0 spiro atoms. The minimum absolute atomic E-state index is 0.382. The van der Waals surface area contributed by atoms with Crippen molar-refractivity contribution in [2.75, 3.05) is 18.1 Å². The Morgan fingerprint density at radius 2 is 1.08 bits per heavy atom. The molecule has 3 rings (SSSR count). The highest BCUT2D eigenvalue weighted by atomic mass is 16.5. The summed E-state index contributed by atoms with van der Waals surface area (Å²) in [5.41, 5.74) is 6.79. The molecular formula is C31H39NO4. The second-order valence-electron chi connectivity index (χ2n) is 9.26. The third-order valence-corrected chi connectivity index (χ3v) is 6.75. The van der Waals surface area contributed by atoms with Gasteiger partial charge in [0, 0.05) is 11.4 Å². The molecule has 3 aromatic carbocycles. The summed E-state index contributed by atoms with van der Waals surface area (Å²) in [5.74, 6) is 0.791. The van der Waals surface area contributed by atoms with Gasteiger partial charge in [0.25, 0.3) is 0 Å². The number of rotatable bonds is 12. The first-order valence-electron chi connectivity index (χ1n) is 12.9. The van der Waals surface area contributed by atoms with Gasteiger partial charge in [-0.25, -0.2) is 4.79 Å². The first-order valence-corrected chi connectivity index (χ1v) is 12.9. The molecule has 0 aliphatic carbocycles. The first-order chi connectivity index (χ1) is 17.3. The number of carboxylic acid groups (broad SMARTS) is 1. The molecule has 0 aliphatic heterocycles. The molecule has 0 aromatic heterocycles. The summed E-state index contributed by atoms with van der Waals surface area (Å²) in [7, 11) is 0. The molecule has 0 radical (unpaired) electrons. The van der Waals surface area contributed by atoms with Crippen molar-refractivity contribution in [3.63, 3.8) is 0 Å². The summed E-state index contributed by atoms with van der Waals surface area (Å²) >= 11 is 0. The average Bonchev–Trinajstić information content (AvgIpc) is 2.87. The molecule has 0 aliphatic rings. The SMILES string of the molecule is CCCCOc1ccc(N(c2ccc(OCCCC)cc2)c2c(C)c(C)c(C(=O)O)c(C)c2C)cc1. The summed E-state index contributed by atoms with van der Waals surface area (Å²) in [6, 6.07) is 16.2. The zero-order valence-corrected chi connectivity index (χ0v) is 22.5. The van der Waals surface area contributed by atoms with Gasteiger partial charge in [0.1, 0.15) is 11.5 Å². The van der Waals surface area contributed by atoms with E-state index in [2.05, 4.69) is 43.0 Å². The molecule has 5 nitrogen and oxygen atoms in total. The molecule has 192 valence electrons. The van der Waals surface area contributed by atoms with Crippen molar-refractivity contribution >= 4 is 23.0 Å². The monoisotopic (exact) mass is 489 g/mol. The van der Waals surface area contributed by atoms with Crippen LogP contribution in [0.15, 0.2) is 48.5 Å². The maximum absolute atomic E-state index is 12.0. The molecule has 0 unspecified atom stereocenters. The van der Waals surface area contributed by atoms with Crippen LogP contribution in [-0.2, 0) is 0 Å². The van der Waals surface area contributed by atoms with Crippen LogP contribution >= 0.6 is 0 Å². The highest BCUT2D eigenvalue weighted by Crippen LogP contribution is 2.42. The lowest BCUT2D eigenvalue weighted by atomic mass is 9.91. The van der Waals surface area contributed by atoms with Crippen molar-refractivity contribution in [3.8, 4) is 11.5 Å². The van der Waals surface area contributed by atoms with Crippen LogP contribution in [-0.4, -0.2) is 24.3 Å². The van der Waals surface area contributed by atoms with Gasteiger partial charge in [0.05, 0.1) is 24.5 Å². The van der Waals surface area contributed by atoms with Crippen LogP contribution in [0.5, 0.6) is 11.5 Å². The predicted molar refractivity (Wildman–Crippen MR) is 148 cm³/mol. The molecule has 0 amide bonds. The smallest absolute Gasteiger partial charge is 0.336 e. The predicted octanol–water partition coefficient (Wildman–Crippen LogP) is 8.45. The fourth-order valence-electron chi connectivity index (χ4n) is 4.41. The van der Waals surface area contributed by atoms with Crippen molar-refractivity contribution in [2.45, 2.75) is 67.2 Å². The van der Waals surface area contributed by atoms with E-state index >= 15 is 0 Å². The van der Waals surface area contributed by atoms with E-state index in [1.807, 2.05) is 52.0 Å². The van der Waals surface area contributed by atoms with Crippen molar-refractivity contribution in [2.24, 2.45) is 0 Å². The minimum Gasteiger partial charge on any atom is -0.494 e. The van der Waals surface area contributed by atoms with Crippen molar-refractivity contribution < 1.29 is 19.4 Å². The Bertz CT molecular complexity index is 1080. The average molecular weight is 490 g/mol. The van der Waals surface area contributed by atoms with Crippen LogP contribution in [0.3, 0.4) is 0 Å². The Labute approximate surface area is 215 Å². The quantitative estimate of drug-likeness (QED) is 0.259. The second-order valence-corrected chi connectivity index (χ2v) is 9.26. The largest absolute Gasteiger partial charge is 0.494 e. The lowest BCUT2D eigenvalue weighted by Crippen LogP contribution is -2.17. The molecule has 0 heterocycles. The Morgan fingerprint density at radius 1 is 0.694 bits per heavy atom. The molecule has 1 N–H and O–H groups in total. The van der Waals surface area contributed by atoms with Crippen molar-refractivity contribution in [1.29, 1.82) is 0 Å². The molecular weight excluding hydrogens is 450 g/mol. The second kappa shape index (κ2) is 12.5. The van der Waals surface area contributed by atoms with Gasteiger partial charge < -0.3 is 19.5 Å². The van der Waals surface area contributed by atoms with E-state index < -0.39 is 5.97 Å². The third-order valence-electron chi connectivity index (χ3n) is 6.75. The summed E-state index contributed by atoms with van der Waals surface area (Å²) in [5, 5.41) is 9.86. The molecule has 0 fully saturated rings. The standard InChI is InChI=1S/C31H39NO4/c1-7-9-19-35-27-15-11-25(12-16-27)32(26-13-17-28(18-14-26)36-20-10-8-2)30-23(5)21(3)29(31(33)34)22(4)24(30)6/h11-18H,7-10,19-20H2,1-6H3,(H,33,34). The maximum atomic E-state index is 12.0. The van der Waals surface area contributed by atoms with Gasteiger partial charge in [-0.1, -0.05) is 26.7 Å². The van der Waals surface area contributed by atoms with Crippen LogP contribution < -0.4 is 14.4 Å². The fraction of sp³-hybridized carbons (Fsp3) is 0.387. The number of unbranched alkanes of at least 4 members (excludes halogenated alkanes) is 2. The van der Waals surface area contributed by atoms with Crippen molar-refractivity contribution in [1.82, 2.24) is 0 Å². The third kappa shape index (κ3) is 6.01. The van der Waals surface area contributed by atoms with Gasteiger partial charge >= 0.3 is 5.97 Å². The summed E-state index contributed by atoms with van der Waals surface area (Å²) in [6.07, 6.45) is 4.22. The molecule has 0 atom stereocenters. The van der Waals surface area contributed by atoms with Crippen LogP contribution in [0.1, 0.15) is 72.1 Å². The Morgan fingerprint density at radius 3 is 1.42 bits per heavy atom. The number of nitrogens with zero attached hydrogens (tertiary/aromatic N) is 1. The van der Waals surface area contributed by atoms with Crippen LogP contribution in [0, 0.1) is 27.7 Å². The van der Waals surface area contributed by atoms with Gasteiger partial charge in [-0.05, 0) is 111 Å². The Balaban J connectivity index is 2.10. The Kier molecular flexibility index (Phi) is 9.40. The number of aromatic carboxylic acids is 1. The number of benzene rings is 3. The Hall–Kier alpha value is -3.47. The number of hydrogen-bond donors (Lipinski definition) is 1. The number of ether oxygens (including phenoxy) is 2. The number of carbonyl (C=O) groups is 1. The molecule has 5 heteroatoms. The lowest BCUT2D eigenvalue weighted by Gasteiger charge is -2.31. The molecule has 3 aromatic rings. The number of carboxylic acids is 1. The van der Waals surface area contributed by atoms with E-state index in [9.17, 15) is 9.90 Å². The van der Waals surface area contributed by atoms with Gasteiger partial charge in [-0.3, -0.25) is 0 Å². The topological polar surface area (TPSA) is 59.0 Å². The maximum Gasteiger partial charge on any atom is 0.336 e. The van der Waals surface area contributed by atoms with E-state index in [0.29, 0.717) is 18.8 Å². The van der Waals surface area contributed by atoms with Gasteiger partial charge in [-0.2, -0.15) is 0 Å². The first kappa shape index (κ1) is 27.1. The molecule has 36 heavy (non-hydrogen) atoms. The number of anilines is 3. The fourth-order valence-corrected chi connectivity index (χ4v) is 4.41. The normalized spacial score (nSPS) is 10.8. The zero-order chi connectivity index (χ0) is 26.2. The highest BCUT2D eigenvalue weighted by molar-refractivity contribution is 5.95. The molecule has 0 saturated carbocycles. The zero-order valence-electron chi connectivity index (χ0n) is 22.5. The van der Waals surface area contributed by atoms with E-state index in [1.165, 1.54) is 0 Å². The van der Waals surface area contributed by atoms with E-state index in [0.717, 1.165) is 76.5 Å². The van der Waals surface area contributed by atoms with Crippen LogP contribution in [0.25, 0.3) is 0 Å². The molecule has 0 saturated heterocycles. The lowest BCUT2D eigenvalue weighted by molar-refractivity contribution is 0.0695. The van der Waals surface area contributed by atoms with Crippen LogP contribution in [0.4, 0.5) is 17.1 Å². The van der Waals surface area contributed by atoms with Gasteiger partial charge in [-0.15, -0.1) is 0 Å². The summed E-state index contributed by atoms with van der Waals surface area (Å²) in [6.45, 7) is 13.5. The summed E-state index contributed by atoms with van der Waals surface area (Å²) in [4.78, 5) is 14.2.